The topological polar surface area (TPSA) is 75.3 Å². The lowest BCUT2D eigenvalue weighted by Gasteiger charge is -2.23. The fourth-order valence-electron chi connectivity index (χ4n) is 3.90. The number of fused-ring (bicyclic) bond motifs is 3. The van der Waals surface area contributed by atoms with Gasteiger partial charge < -0.3 is 5.32 Å². The van der Waals surface area contributed by atoms with Crippen molar-refractivity contribution in [2.45, 2.75) is 43.0 Å². The van der Waals surface area contributed by atoms with Crippen molar-refractivity contribution in [1.29, 1.82) is 0 Å². The molecule has 0 spiro atoms. The number of hydrogen-bond donors (Lipinski definition) is 2. The maximum absolute atomic E-state index is 12.8. The number of carbonyl (C=O) groups excluding carboxylic acids is 1. The van der Waals surface area contributed by atoms with Gasteiger partial charge in [-0.2, -0.15) is 0 Å². The summed E-state index contributed by atoms with van der Waals surface area (Å²) < 4.78 is 28.3. The highest BCUT2D eigenvalue weighted by Gasteiger charge is 2.40. The third-order valence-electron chi connectivity index (χ3n) is 5.11. The van der Waals surface area contributed by atoms with Crippen LogP contribution in [0.25, 0.3) is 0 Å². The average Bonchev–Trinajstić information content (AvgIpc) is 2.96. The van der Waals surface area contributed by atoms with Gasteiger partial charge in [-0.3, -0.25) is 9.52 Å². The standard InChI is InChI=1S/C19H20N2O3S/c1-12-6-2-3-11-17(12)25(23,24)21-15-9-4-7-13-14-8-5-10-16(22)19(14)20-18(13)15/h2-4,6-7,9,11,14,19-21H,5,8,10H2,1H3. The number of anilines is 2. The Kier molecular flexibility index (Phi) is 3.80. The highest BCUT2D eigenvalue weighted by atomic mass is 32.2. The minimum Gasteiger partial charge on any atom is -0.373 e. The summed E-state index contributed by atoms with van der Waals surface area (Å²) >= 11 is 0. The number of nitrogens with one attached hydrogen (secondary N) is 2. The van der Waals surface area contributed by atoms with E-state index in [4.69, 9.17) is 0 Å². The second-order valence-corrected chi connectivity index (χ2v) is 8.38. The molecule has 6 heteroatoms. The second kappa shape index (κ2) is 5.88. The third kappa shape index (κ3) is 2.70. The van der Waals surface area contributed by atoms with Gasteiger partial charge in [-0.1, -0.05) is 30.3 Å². The first-order valence-corrected chi connectivity index (χ1v) is 9.96. The third-order valence-corrected chi connectivity index (χ3v) is 6.64. The molecule has 1 aliphatic heterocycles. The van der Waals surface area contributed by atoms with Crippen molar-refractivity contribution >= 4 is 27.2 Å². The zero-order valence-electron chi connectivity index (χ0n) is 14.0. The number of Topliss-reactive ketones (excluding diaryl/α,β-unsaturated/α-hetero) is 1. The molecular formula is C19H20N2O3S. The molecule has 5 nitrogen and oxygen atoms in total. The van der Waals surface area contributed by atoms with E-state index in [-0.39, 0.29) is 22.6 Å². The fraction of sp³-hybridized carbons (Fsp3) is 0.316. The lowest BCUT2D eigenvalue weighted by molar-refractivity contribution is -0.121. The minimum absolute atomic E-state index is 0.138. The highest BCUT2D eigenvalue weighted by molar-refractivity contribution is 7.92. The van der Waals surface area contributed by atoms with Crippen molar-refractivity contribution in [2.75, 3.05) is 10.0 Å². The number of benzene rings is 2. The molecule has 4 rings (SSSR count). The smallest absolute Gasteiger partial charge is 0.262 e. The van der Waals surface area contributed by atoms with E-state index in [9.17, 15) is 13.2 Å². The van der Waals surface area contributed by atoms with Crippen LogP contribution in [0.15, 0.2) is 47.4 Å². The summed E-state index contributed by atoms with van der Waals surface area (Å²) in [4.78, 5) is 12.5. The van der Waals surface area contributed by atoms with Gasteiger partial charge in [0.2, 0.25) is 0 Å². The number of ketones is 1. The SMILES string of the molecule is Cc1ccccc1S(=O)(=O)Nc1cccc2c1NC1C(=O)CCCC21. The number of aryl methyl sites for hydroxylation is 1. The highest BCUT2D eigenvalue weighted by Crippen LogP contribution is 2.46. The Bertz CT molecular complexity index is 953. The van der Waals surface area contributed by atoms with Crippen LogP contribution in [-0.4, -0.2) is 20.2 Å². The zero-order valence-corrected chi connectivity index (χ0v) is 14.8. The van der Waals surface area contributed by atoms with Crippen LogP contribution in [0.5, 0.6) is 0 Å². The Morgan fingerprint density at radius 3 is 2.72 bits per heavy atom. The molecule has 2 atom stereocenters. The van der Waals surface area contributed by atoms with E-state index in [0.29, 0.717) is 17.7 Å². The molecule has 2 unspecified atom stereocenters. The summed E-state index contributed by atoms with van der Waals surface area (Å²) in [6, 6.07) is 12.2. The monoisotopic (exact) mass is 356 g/mol. The first-order chi connectivity index (χ1) is 12.0. The molecule has 0 amide bonds. The maximum atomic E-state index is 12.8. The summed E-state index contributed by atoms with van der Waals surface area (Å²) in [5, 5.41) is 3.27. The predicted molar refractivity (Wildman–Crippen MR) is 97.4 cm³/mol. The van der Waals surface area contributed by atoms with Crippen LogP contribution in [0, 0.1) is 6.92 Å². The molecule has 130 valence electrons. The fourth-order valence-corrected chi connectivity index (χ4v) is 5.22. The Hall–Kier alpha value is -2.34. The van der Waals surface area contributed by atoms with Gasteiger partial charge in [0, 0.05) is 12.3 Å². The summed E-state index contributed by atoms with van der Waals surface area (Å²) in [6.07, 6.45) is 2.43. The first kappa shape index (κ1) is 16.1. The summed E-state index contributed by atoms with van der Waals surface area (Å²) in [7, 11) is -3.69. The van der Waals surface area contributed by atoms with Crippen molar-refractivity contribution in [1.82, 2.24) is 0 Å². The van der Waals surface area contributed by atoms with E-state index >= 15 is 0 Å². The maximum Gasteiger partial charge on any atom is 0.262 e. The number of sulfonamides is 1. The van der Waals surface area contributed by atoms with Crippen LogP contribution >= 0.6 is 0 Å². The van der Waals surface area contributed by atoms with E-state index < -0.39 is 10.0 Å². The number of hydrogen-bond acceptors (Lipinski definition) is 4. The second-order valence-electron chi connectivity index (χ2n) is 6.73. The van der Waals surface area contributed by atoms with Gasteiger partial charge in [0.25, 0.3) is 10.0 Å². The van der Waals surface area contributed by atoms with Gasteiger partial charge in [-0.05, 0) is 43.0 Å². The van der Waals surface area contributed by atoms with E-state index in [2.05, 4.69) is 10.0 Å². The molecule has 1 saturated carbocycles. The number of rotatable bonds is 3. The Balaban J connectivity index is 1.71. The van der Waals surface area contributed by atoms with Crippen LogP contribution in [-0.2, 0) is 14.8 Å². The molecule has 2 aromatic rings. The Morgan fingerprint density at radius 2 is 1.92 bits per heavy atom. The summed E-state index contributed by atoms with van der Waals surface area (Å²) in [5.41, 5.74) is 2.97. The van der Waals surface area contributed by atoms with Crippen molar-refractivity contribution in [3.63, 3.8) is 0 Å². The number of carbonyl (C=O) groups is 1. The molecule has 0 radical (unpaired) electrons. The minimum atomic E-state index is -3.69. The van der Waals surface area contributed by atoms with Crippen LogP contribution in [0.3, 0.4) is 0 Å². The lowest BCUT2D eigenvalue weighted by Crippen LogP contribution is -2.33. The van der Waals surface area contributed by atoms with Crippen molar-refractivity contribution < 1.29 is 13.2 Å². The van der Waals surface area contributed by atoms with E-state index in [0.717, 1.165) is 24.1 Å². The predicted octanol–water partition coefficient (Wildman–Crippen LogP) is 3.43. The zero-order chi connectivity index (χ0) is 17.6. The molecule has 1 fully saturated rings. The summed E-state index contributed by atoms with van der Waals surface area (Å²) in [6.45, 7) is 1.77. The van der Waals surface area contributed by atoms with Crippen LogP contribution < -0.4 is 10.0 Å². The van der Waals surface area contributed by atoms with Gasteiger partial charge in [-0.15, -0.1) is 0 Å². The average molecular weight is 356 g/mol. The largest absolute Gasteiger partial charge is 0.373 e. The molecule has 1 heterocycles. The van der Waals surface area contributed by atoms with Crippen LogP contribution in [0.2, 0.25) is 0 Å². The normalized spacial score (nSPS) is 22.0. The molecule has 2 aliphatic rings. The van der Waals surface area contributed by atoms with Crippen molar-refractivity contribution in [3.8, 4) is 0 Å². The van der Waals surface area contributed by atoms with E-state index in [1.807, 2.05) is 18.2 Å². The Labute approximate surface area is 147 Å². The number of para-hydroxylation sites is 1. The van der Waals surface area contributed by atoms with Crippen LogP contribution in [0.4, 0.5) is 11.4 Å². The Morgan fingerprint density at radius 1 is 1.12 bits per heavy atom. The molecule has 0 saturated heterocycles. The van der Waals surface area contributed by atoms with Gasteiger partial charge in [0.1, 0.15) is 0 Å². The quantitative estimate of drug-likeness (QED) is 0.883. The molecule has 0 aromatic heterocycles. The van der Waals surface area contributed by atoms with Crippen LogP contribution in [0.1, 0.15) is 36.3 Å². The van der Waals surface area contributed by atoms with E-state index in [1.165, 1.54) is 0 Å². The molecule has 0 bridgehead atoms. The van der Waals surface area contributed by atoms with Gasteiger partial charge in [0.05, 0.1) is 22.3 Å². The summed E-state index contributed by atoms with van der Waals surface area (Å²) in [5.74, 6) is 0.347. The molecule has 25 heavy (non-hydrogen) atoms. The van der Waals surface area contributed by atoms with Crippen molar-refractivity contribution in [2.24, 2.45) is 0 Å². The molecule has 2 aromatic carbocycles. The van der Waals surface area contributed by atoms with Gasteiger partial charge in [-0.25, -0.2) is 8.42 Å². The molecular weight excluding hydrogens is 336 g/mol. The molecule has 2 N–H and O–H groups in total. The van der Waals surface area contributed by atoms with E-state index in [1.54, 1.807) is 31.2 Å². The molecule has 1 aliphatic carbocycles. The first-order valence-electron chi connectivity index (χ1n) is 8.48. The van der Waals surface area contributed by atoms with Crippen molar-refractivity contribution in [3.05, 3.63) is 53.6 Å². The lowest BCUT2D eigenvalue weighted by atomic mass is 9.82. The van der Waals surface area contributed by atoms with Gasteiger partial charge in [0.15, 0.2) is 5.78 Å². The van der Waals surface area contributed by atoms with Gasteiger partial charge >= 0.3 is 0 Å².